The number of nitrogens with zero attached hydrogens (tertiary/aromatic N) is 1. The van der Waals surface area contributed by atoms with Gasteiger partial charge in [-0.2, -0.15) is 0 Å². The quantitative estimate of drug-likeness (QED) is 0.110. The van der Waals surface area contributed by atoms with E-state index in [0.29, 0.717) is 12.2 Å². The van der Waals surface area contributed by atoms with Crippen LogP contribution in [0, 0.1) is 0 Å². The summed E-state index contributed by atoms with van der Waals surface area (Å²) in [7, 11) is 1.67. The van der Waals surface area contributed by atoms with Crippen molar-refractivity contribution in [2.75, 3.05) is 13.7 Å². The van der Waals surface area contributed by atoms with Crippen molar-refractivity contribution < 1.29 is 18.8 Å². The molecule has 1 amide bonds. The summed E-state index contributed by atoms with van der Waals surface area (Å²) in [6.07, 6.45) is 24.7. The lowest BCUT2D eigenvalue weighted by Crippen LogP contribution is -2.34. The monoisotopic (exact) mass is 553 g/mol. The number of aromatic nitrogens is 1. The highest BCUT2D eigenvalue weighted by Gasteiger charge is 2.17. The van der Waals surface area contributed by atoms with Crippen LogP contribution in [0.1, 0.15) is 145 Å². The van der Waals surface area contributed by atoms with Crippen LogP contribution in [0.25, 0.3) is 0 Å². The maximum Gasteiger partial charge on any atom is 0.252 e. The van der Waals surface area contributed by atoms with Gasteiger partial charge in [0.15, 0.2) is 23.9 Å². The van der Waals surface area contributed by atoms with E-state index in [1.807, 2.05) is 42.7 Å². The Morgan fingerprint density at radius 1 is 0.750 bits per heavy atom. The Balaban J connectivity index is 1.66. The van der Waals surface area contributed by atoms with Gasteiger partial charge < -0.3 is 14.8 Å². The number of pyridine rings is 1. The minimum Gasteiger partial charge on any atom is -0.493 e. The average molecular weight is 554 g/mol. The van der Waals surface area contributed by atoms with Crippen LogP contribution < -0.4 is 19.4 Å². The molecular formula is C35H57N2O3+. The zero-order valence-corrected chi connectivity index (χ0v) is 26.0. The molecule has 5 nitrogen and oxygen atoms in total. The minimum atomic E-state index is -0.0933. The molecule has 0 fully saturated rings. The van der Waals surface area contributed by atoms with Crippen LogP contribution >= 0.6 is 0 Å². The van der Waals surface area contributed by atoms with Crippen LogP contribution in [-0.4, -0.2) is 19.6 Å². The smallest absolute Gasteiger partial charge is 0.252 e. The third kappa shape index (κ3) is 13.2. The van der Waals surface area contributed by atoms with E-state index in [0.717, 1.165) is 42.9 Å². The summed E-state index contributed by atoms with van der Waals surface area (Å²) in [5, 5.41) is 3.18. The molecule has 2 aromatic rings. The number of amides is 1. The van der Waals surface area contributed by atoms with Crippen molar-refractivity contribution in [3.05, 3.63) is 53.9 Å². The van der Waals surface area contributed by atoms with Gasteiger partial charge >= 0.3 is 0 Å². The molecule has 0 aliphatic carbocycles. The van der Waals surface area contributed by atoms with E-state index >= 15 is 0 Å². The van der Waals surface area contributed by atoms with Crippen LogP contribution in [0.2, 0.25) is 0 Å². The highest BCUT2D eigenvalue weighted by atomic mass is 16.5. The summed E-state index contributed by atoms with van der Waals surface area (Å²) < 4.78 is 13.8. The number of carbonyl (C=O) groups is 1. The molecule has 2 rings (SSSR count). The van der Waals surface area contributed by atoms with Gasteiger partial charge in [-0.1, -0.05) is 110 Å². The van der Waals surface area contributed by atoms with Gasteiger partial charge in [0.05, 0.1) is 25.3 Å². The Labute approximate surface area is 245 Å². The predicted molar refractivity (Wildman–Crippen MR) is 166 cm³/mol. The maximum atomic E-state index is 12.9. The molecule has 0 radical (unpaired) electrons. The van der Waals surface area contributed by atoms with Crippen LogP contribution in [0.15, 0.2) is 42.7 Å². The second-order valence-corrected chi connectivity index (χ2v) is 11.1. The van der Waals surface area contributed by atoms with Crippen molar-refractivity contribution in [2.24, 2.45) is 0 Å². The van der Waals surface area contributed by atoms with Gasteiger partial charge in [0.2, 0.25) is 0 Å². The third-order valence-corrected chi connectivity index (χ3v) is 7.69. The summed E-state index contributed by atoms with van der Waals surface area (Å²) >= 11 is 0. The Kier molecular flexibility index (Phi) is 17.9. The number of ether oxygens (including phenoxy) is 2. The fourth-order valence-corrected chi connectivity index (χ4v) is 5.18. The number of benzene rings is 1. The number of nitrogens with one attached hydrogen (secondary N) is 1. The first-order valence-corrected chi connectivity index (χ1v) is 16.2. The molecule has 224 valence electrons. The summed E-state index contributed by atoms with van der Waals surface area (Å²) in [5.74, 6) is 1.43. The topological polar surface area (TPSA) is 51.4 Å². The summed E-state index contributed by atoms with van der Waals surface area (Å²) in [5.41, 5.74) is 1.69. The van der Waals surface area contributed by atoms with Crippen LogP contribution in [0.3, 0.4) is 0 Å². The van der Waals surface area contributed by atoms with Gasteiger partial charge in [-0.3, -0.25) is 4.79 Å². The first-order chi connectivity index (χ1) is 19.6. The van der Waals surface area contributed by atoms with E-state index in [1.165, 1.54) is 83.5 Å². The largest absolute Gasteiger partial charge is 0.493 e. The van der Waals surface area contributed by atoms with Crippen molar-refractivity contribution in [3.8, 4) is 11.5 Å². The molecule has 0 spiro atoms. The third-order valence-electron chi connectivity index (χ3n) is 7.69. The van der Waals surface area contributed by atoms with E-state index in [9.17, 15) is 4.79 Å². The van der Waals surface area contributed by atoms with Crippen molar-refractivity contribution in [1.29, 1.82) is 0 Å². The number of methoxy groups -OCH3 is 1. The van der Waals surface area contributed by atoms with Gasteiger partial charge in [0, 0.05) is 18.6 Å². The first-order valence-electron chi connectivity index (χ1n) is 16.2. The van der Waals surface area contributed by atoms with Crippen LogP contribution in [0.5, 0.6) is 11.5 Å². The number of hydrogen-bond acceptors (Lipinski definition) is 3. The molecule has 0 saturated carbocycles. The highest BCUT2D eigenvalue weighted by Crippen LogP contribution is 2.31. The summed E-state index contributed by atoms with van der Waals surface area (Å²) in [4.78, 5) is 12.9. The molecule has 0 aliphatic heterocycles. The predicted octanol–water partition coefficient (Wildman–Crippen LogP) is 9.13. The number of aryl methyl sites for hydroxylation is 1. The van der Waals surface area contributed by atoms with Gasteiger partial charge in [-0.05, 0) is 30.5 Å². The Hall–Kier alpha value is -2.56. The lowest BCUT2D eigenvalue weighted by molar-refractivity contribution is -0.697. The van der Waals surface area contributed by atoms with Crippen molar-refractivity contribution in [2.45, 2.75) is 136 Å². The zero-order chi connectivity index (χ0) is 28.8. The second kappa shape index (κ2) is 21.2. The molecule has 1 atom stereocenters. The number of unbranched alkanes of at least 4 members (excludes halogenated alkanes) is 13. The zero-order valence-electron chi connectivity index (χ0n) is 26.0. The Morgan fingerprint density at radius 3 is 1.85 bits per heavy atom. The van der Waals surface area contributed by atoms with Crippen LogP contribution in [0.4, 0.5) is 0 Å². The van der Waals surface area contributed by atoms with Gasteiger partial charge in [-0.15, -0.1) is 0 Å². The van der Waals surface area contributed by atoms with Gasteiger partial charge in [0.1, 0.15) is 6.54 Å². The summed E-state index contributed by atoms with van der Waals surface area (Å²) in [6, 6.07) is 9.68. The number of rotatable bonds is 23. The first kappa shape index (κ1) is 33.6. The molecule has 0 bridgehead atoms. The lowest BCUT2D eigenvalue weighted by Gasteiger charge is -2.19. The van der Waals surface area contributed by atoms with E-state index in [1.54, 1.807) is 7.11 Å². The minimum absolute atomic E-state index is 0.0624. The fourth-order valence-electron chi connectivity index (χ4n) is 5.18. The van der Waals surface area contributed by atoms with Crippen molar-refractivity contribution >= 4 is 5.91 Å². The van der Waals surface area contributed by atoms with E-state index in [2.05, 4.69) is 30.7 Å². The van der Waals surface area contributed by atoms with E-state index in [-0.39, 0.29) is 11.9 Å². The summed E-state index contributed by atoms with van der Waals surface area (Å²) in [6.45, 7) is 8.16. The lowest BCUT2D eigenvalue weighted by atomic mass is 10.0. The van der Waals surface area contributed by atoms with Crippen LogP contribution in [-0.2, 0) is 6.54 Å². The molecule has 0 aliphatic rings. The van der Waals surface area contributed by atoms with E-state index in [4.69, 9.17) is 9.47 Å². The Morgan fingerprint density at radius 2 is 1.32 bits per heavy atom. The molecule has 1 aromatic carbocycles. The second-order valence-electron chi connectivity index (χ2n) is 11.1. The standard InChI is InChI=1S/C35H56N2O3/c1-5-8-9-10-11-12-13-14-15-16-17-18-19-20-28-40-33-22-21-31(29-34(33)39-4)32(7-3)36-35(38)30-23-26-37(25-6-2)27-24-30/h21-24,26-27,29,32H,5-20,25,28H2,1-4H3/p+1. The highest BCUT2D eigenvalue weighted by molar-refractivity contribution is 5.94. The molecule has 5 heteroatoms. The van der Waals surface area contributed by atoms with Gasteiger partial charge in [0.25, 0.3) is 5.91 Å². The molecule has 40 heavy (non-hydrogen) atoms. The van der Waals surface area contributed by atoms with Gasteiger partial charge in [-0.25, -0.2) is 4.57 Å². The normalized spacial score (nSPS) is 11.8. The molecule has 1 unspecified atom stereocenters. The molecule has 1 N–H and O–H groups in total. The fraction of sp³-hybridized carbons (Fsp3) is 0.657. The number of hydrogen-bond donors (Lipinski definition) is 1. The molecule has 0 saturated heterocycles. The Bertz CT molecular complexity index is 929. The molecular weight excluding hydrogens is 496 g/mol. The molecule has 1 heterocycles. The SMILES string of the molecule is CCCCCCCCCCCCCCCCOc1ccc(C(CC)NC(=O)c2cc[n+](CCC)cc2)cc1OC. The molecule has 1 aromatic heterocycles. The van der Waals surface area contributed by atoms with Crippen molar-refractivity contribution in [1.82, 2.24) is 5.32 Å². The maximum absolute atomic E-state index is 12.9. The number of carbonyl (C=O) groups excluding carboxylic acids is 1. The van der Waals surface area contributed by atoms with Crippen molar-refractivity contribution in [3.63, 3.8) is 0 Å². The average Bonchev–Trinajstić information content (AvgIpc) is 2.98. The van der Waals surface area contributed by atoms with E-state index < -0.39 is 0 Å².